The second kappa shape index (κ2) is 6.07. The van der Waals surface area contributed by atoms with E-state index < -0.39 is 11.5 Å². The van der Waals surface area contributed by atoms with Crippen molar-refractivity contribution in [2.24, 2.45) is 0 Å². The molecule has 1 aliphatic carbocycles. The normalized spacial score (nSPS) is 28.3. The van der Waals surface area contributed by atoms with E-state index in [4.69, 9.17) is 4.74 Å². The molecule has 2 aliphatic rings. The van der Waals surface area contributed by atoms with Gasteiger partial charge < -0.3 is 9.84 Å². The molecule has 0 amide bonds. The van der Waals surface area contributed by atoms with Crippen molar-refractivity contribution in [1.29, 1.82) is 0 Å². The highest BCUT2D eigenvalue weighted by Gasteiger charge is 2.41. The third-order valence-electron chi connectivity index (χ3n) is 4.58. The molecular formula is C16H20BrNO3. The lowest BCUT2D eigenvalue weighted by molar-refractivity contribution is -0.145. The number of halogens is 1. The Kier molecular flexibility index (Phi) is 4.33. The van der Waals surface area contributed by atoms with Crippen LogP contribution < -0.4 is 5.32 Å². The Balaban J connectivity index is 1.75. The lowest BCUT2D eigenvalue weighted by Crippen LogP contribution is -2.57. The lowest BCUT2D eigenvalue weighted by Gasteiger charge is -2.36. The molecule has 2 atom stereocenters. The van der Waals surface area contributed by atoms with Crippen LogP contribution in [0.1, 0.15) is 30.4 Å². The van der Waals surface area contributed by atoms with Crippen LogP contribution in [0.5, 0.6) is 0 Å². The second-order valence-electron chi connectivity index (χ2n) is 5.99. The Labute approximate surface area is 133 Å². The standard InChI is InChI=1S/C16H20BrNO3/c17-13-4-3-12-9-16(15(19)20,6-5-11(12)8-13)18-10-14-2-1-7-21-14/h3-4,8,14,18H,1-2,5-7,9-10H2,(H,19,20). The first kappa shape index (κ1) is 15.0. The van der Waals surface area contributed by atoms with Crippen LogP contribution in [-0.4, -0.2) is 35.9 Å². The highest BCUT2D eigenvalue weighted by molar-refractivity contribution is 9.10. The molecule has 1 aliphatic heterocycles. The van der Waals surface area contributed by atoms with Gasteiger partial charge in [0.1, 0.15) is 5.54 Å². The zero-order chi connectivity index (χ0) is 14.9. The van der Waals surface area contributed by atoms with Crippen LogP contribution in [-0.2, 0) is 22.4 Å². The Morgan fingerprint density at radius 1 is 1.48 bits per heavy atom. The van der Waals surface area contributed by atoms with Gasteiger partial charge in [0.15, 0.2) is 0 Å². The number of carboxylic acids is 1. The molecule has 1 aromatic carbocycles. The molecule has 114 valence electrons. The molecule has 5 heteroatoms. The van der Waals surface area contributed by atoms with Crippen LogP contribution >= 0.6 is 15.9 Å². The van der Waals surface area contributed by atoms with Gasteiger partial charge in [-0.1, -0.05) is 22.0 Å². The average molecular weight is 354 g/mol. The number of aliphatic carboxylic acids is 1. The molecule has 1 aromatic rings. The molecular weight excluding hydrogens is 334 g/mol. The minimum atomic E-state index is -0.854. The van der Waals surface area contributed by atoms with Gasteiger partial charge in [-0.15, -0.1) is 0 Å². The first-order valence-corrected chi connectivity index (χ1v) is 8.26. The fourth-order valence-corrected chi connectivity index (χ4v) is 3.69. The summed E-state index contributed by atoms with van der Waals surface area (Å²) in [5, 5.41) is 13.0. The maximum Gasteiger partial charge on any atom is 0.324 e. The number of rotatable bonds is 4. The van der Waals surface area contributed by atoms with Crippen molar-refractivity contribution in [2.75, 3.05) is 13.2 Å². The summed E-state index contributed by atoms with van der Waals surface area (Å²) in [5.74, 6) is -0.755. The van der Waals surface area contributed by atoms with Crippen LogP contribution in [0.3, 0.4) is 0 Å². The Morgan fingerprint density at radius 3 is 3.05 bits per heavy atom. The van der Waals surface area contributed by atoms with E-state index in [0.717, 1.165) is 35.9 Å². The third-order valence-corrected chi connectivity index (χ3v) is 5.08. The molecule has 0 saturated carbocycles. The van der Waals surface area contributed by atoms with E-state index >= 15 is 0 Å². The number of hydrogen-bond donors (Lipinski definition) is 2. The summed E-state index contributed by atoms with van der Waals surface area (Å²) in [6.07, 6.45) is 4.21. The molecule has 4 nitrogen and oxygen atoms in total. The lowest BCUT2D eigenvalue weighted by atomic mass is 9.78. The summed E-state index contributed by atoms with van der Waals surface area (Å²) in [4.78, 5) is 11.8. The zero-order valence-electron chi connectivity index (χ0n) is 11.9. The van der Waals surface area contributed by atoms with Crippen LogP contribution in [0, 0.1) is 0 Å². The Hall–Kier alpha value is -0.910. The first-order chi connectivity index (χ1) is 10.1. The van der Waals surface area contributed by atoms with Gasteiger partial charge in [0.25, 0.3) is 0 Å². The number of hydrogen-bond acceptors (Lipinski definition) is 3. The molecule has 0 bridgehead atoms. The number of benzene rings is 1. The molecule has 2 N–H and O–H groups in total. The van der Waals surface area contributed by atoms with Gasteiger partial charge in [0, 0.05) is 24.0 Å². The number of fused-ring (bicyclic) bond motifs is 1. The predicted molar refractivity (Wildman–Crippen MR) is 83.5 cm³/mol. The van der Waals surface area contributed by atoms with Crippen molar-refractivity contribution in [1.82, 2.24) is 5.32 Å². The number of carboxylic acid groups (broad SMARTS) is 1. The van der Waals surface area contributed by atoms with Gasteiger partial charge in [-0.05, 0) is 48.9 Å². The molecule has 0 radical (unpaired) electrons. The summed E-state index contributed by atoms with van der Waals surface area (Å²) >= 11 is 3.47. The summed E-state index contributed by atoms with van der Waals surface area (Å²) in [5.41, 5.74) is 1.53. The quantitative estimate of drug-likeness (QED) is 0.873. The fraction of sp³-hybridized carbons (Fsp3) is 0.562. The van der Waals surface area contributed by atoms with Gasteiger partial charge >= 0.3 is 5.97 Å². The smallest absolute Gasteiger partial charge is 0.324 e. The van der Waals surface area contributed by atoms with Crippen LogP contribution in [0.15, 0.2) is 22.7 Å². The first-order valence-electron chi connectivity index (χ1n) is 7.46. The molecule has 1 saturated heterocycles. The Morgan fingerprint density at radius 2 is 2.33 bits per heavy atom. The van der Waals surface area contributed by atoms with Crippen molar-refractivity contribution in [2.45, 2.75) is 43.7 Å². The maximum absolute atomic E-state index is 11.8. The van der Waals surface area contributed by atoms with E-state index in [1.54, 1.807) is 0 Å². The largest absolute Gasteiger partial charge is 0.480 e. The number of aryl methyl sites for hydroxylation is 1. The zero-order valence-corrected chi connectivity index (χ0v) is 13.5. The summed E-state index contributed by atoms with van der Waals surface area (Å²) in [6.45, 7) is 1.42. The van der Waals surface area contributed by atoms with E-state index in [9.17, 15) is 9.90 Å². The molecule has 1 fully saturated rings. The fourth-order valence-electron chi connectivity index (χ4n) is 3.28. The van der Waals surface area contributed by atoms with Gasteiger partial charge in [-0.2, -0.15) is 0 Å². The molecule has 21 heavy (non-hydrogen) atoms. The van der Waals surface area contributed by atoms with Gasteiger partial charge in [0.05, 0.1) is 6.10 Å². The highest BCUT2D eigenvalue weighted by atomic mass is 79.9. The van der Waals surface area contributed by atoms with E-state index in [1.165, 1.54) is 5.56 Å². The highest BCUT2D eigenvalue weighted by Crippen LogP contribution is 2.31. The van der Waals surface area contributed by atoms with Crippen LogP contribution in [0.25, 0.3) is 0 Å². The number of nitrogens with one attached hydrogen (secondary N) is 1. The third kappa shape index (κ3) is 3.15. The molecule has 1 heterocycles. The number of ether oxygens (including phenoxy) is 1. The van der Waals surface area contributed by atoms with E-state index in [-0.39, 0.29) is 6.10 Å². The topological polar surface area (TPSA) is 58.6 Å². The SMILES string of the molecule is O=C(O)C1(NCC2CCCO2)CCc2cc(Br)ccc2C1. The van der Waals surface area contributed by atoms with Crippen molar-refractivity contribution in [3.05, 3.63) is 33.8 Å². The van der Waals surface area contributed by atoms with E-state index in [1.807, 2.05) is 12.1 Å². The van der Waals surface area contributed by atoms with Crippen LogP contribution in [0.2, 0.25) is 0 Å². The number of carbonyl (C=O) groups is 1. The molecule has 2 unspecified atom stereocenters. The summed E-state index contributed by atoms with van der Waals surface area (Å²) in [7, 11) is 0. The van der Waals surface area contributed by atoms with Crippen molar-refractivity contribution < 1.29 is 14.6 Å². The monoisotopic (exact) mass is 353 g/mol. The second-order valence-corrected chi connectivity index (χ2v) is 6.91. The van der Waals surface area contributed by atoms with Crippen molar-refractivity contribution in [3.63, 3.8) is 0 Å². The minimum absolute atomic E-state index is 0.160. The maximum atomic E-state index is 11.8. The predicted octanol–water partition coefficient (Wildman–Crippen LogP) is 2.53. The molecule has 3 rings (SSSR count). The van der Waals surface area contributed by atoms with Crippen molar-refractivity contribution in [3.8, 4) is 0 Å². The van der Waals surface area contributed by atoms with E-state index in [0.29, 0.717) is 19.4 Å². The minimum Gasteiger partial charge on any atom is -0.480 e. The Bertz CT molecular complexity index is 542. The summed E-state index contributed by atoms with van der Waals surface area (Å²) < 4.78 is 6.64. The van der Waals surface area contributed by atoms with Gasteiger partial charge in [-0.25, -0.2) is 0 Å². The molecule has 0 spiro atoms. The average Bonchev–Trinajstić information content (AvgIpc) is 2.98. The molecule has 0 aromatic heterocycles. The van der Waals surface area contributed by atoms with E-state index in [2.05, 4.69) is 27.3 Å². The van der Waals surface area contributed by atoms with Crippen LogP contribution in [0.4, 0.5) is 0 Å². The summed E-state index contributed by atoms with van der Waals surface area (Å²) in [6, 6.07) is 6.11. The van der Waals surface area contributed by atoms with Crippen molar-refractivity contribution >= 4 is 21.9 Å². The van der Waals surface area contributed by atoms with Gasteiger partial charge in [0.2, 0.25) is 0 Å². The van der Waals surface area contributed by atoms with Gasteiger partial charge in [-0.3, -0.25) is 10.1 Å².